The molecule has 2 amide bonds. The van der Waals surface area contributed by atoms with Crippen molar-refractivity contribution in [3.8, 4) is 0 Å². The van der Waals surface area contributed by atoms with E-state index in [9.17, 15) is 9.59 Å². The van der Waals surface area contributed by atoms with Crippen molar-refractivity contribution in [1.29, 1.82) is 0 Å². The minimum Gasteiger partial charge on any atom is -0.381 e. The predicted molar refractivity (Wildman–Crippen MR) is 99.8 cm³/mol. The van der Waals surface area contributed by atoms with E-state index in [-0.39, 0.29) is 17.9 Å². The van der Waals surface area contributed by atoms with Gasteiger partial charge >= 0.3 is 0 Å². The lowest BCUT2D eigenvalue weighted by Gasteiger charge is -2.38. The van der Waals surface area contributed by atoms with Crippen LogP contribution in [-0.2, 0) is 9.53 Å². The zero-order valence-electron chi connectivity index (χ0n) is 15.5. The molecule has 0 radical (unpaired) electrons. The van der Waals surface area contributed by atoms with Gasteiger partial charge < -0.3 is 20.7 Å². The molecule has 0 spiro atoms. The van der Waals surface area contributed by atoms with Crippen molar-refractivity contribution in [2.75, 3.05) is 32.8 Å². The highest BCUT2D eigenvalue weighted by molar-refractivity contribution is 5.94. The smallest absolute Gasteiger partial charge is 0.253 e. The molecule has 1 aromatic rings. The first-order chi connectivity index (χ1) is 12.5. The molecule has 3 N–H and O–H groups in total. The van der Waals surface area contributed by atoms with E-state index in [1.165, 1.54) is 0 Å². The monoisotopic (exact) mass is 359 g/mol. The van der Waals surface area contributed by atoms with Crippen molar-refractivity contribution < 1.29 is 14.3 Å². The van der Waals surface area contributed by atoms with E-state index in [0.29, 0.717) is 45.7 Å². The molecule has 0 saturated carbocycles. The normalized spacial score (nSPS) is 20.6. The summed E-state index contributed by atoms with van der Waals surface area (Å²) in [5, 5.41) is 3.17. The molecule has 0 atom stereocenters. The van der Waals surface area contributed by atoms with Crippen LogP contribution in [0.15, 0.2) is 24.3 Å². The zero-order valence-corrected chi connectivity index (χ0v) is 15.5. The number of hydrogen-bond acceptors (Lipinski definition) is 4. The second-order valence-electron chi connectivity index (χ2n) is 7.50. The van der Waals surface area contributed by atoms with Crippen molar-refractivity contribution in [2.45, 2.75) is 38.6 Å². The molecule has 2 heterocycles. The summed E-state index contributed by atoms with van der Waals surface area (Å²) in [4.78, 5) is 27.2. The number of aryl methyl sites for hydroxylation is 1. The molecule has 0 aliphatic carbocycles. The zero-order chi connectivity index (χ0) is 18.6. The van der Waals surface area contributed by atoms with Gasteiger partial charge in [0.2, 0.25) is 5.91 Å². The van der Waals surface area contributed by atoms with Crippen LogP contribution < -0.4 is 11.1 Å². The van der Waals surface area contributed by atoms with Crippen LogP contribution in [0.3, 0.4) is 0 Å². The van der Waals surface area contributed by atoms with Crippen molar-refractivity contribution in [2.24, 2.45) is 11.1 Å². The third-order valence-electron chi connectivity index (χ3n) is 5.74. The highest BCUT2D eigenvalue weighted by Gasteiger charge is 2.40. The summed E-state index contributed by atoms with van der Waals surface area (Å²) >= 11 is 0. The van der Waals surface area contributed by atoms with Crippen LogP contribution in [0.5, 0.6) is 0 Å². The third-order valence-corrected chi connectivity index (χ3v) is 5.74. The van der Waals surface area contributed by atoms with Gasteiger partial charge in [0.05, 0.1) is 5.41 Å². The molecule has 0 bridgehead atoms. The van der Waals surface area contributed by atoms with Gasteiger partial charge in [0.15, 0.2) is 0 Å². The standard InChI is InChI=1S/C20H29N3O3/c1-15-2-4-16(5-3-15)18(24)23-10-6-17(7-11-23)22-19(25)20(14-21)8-12-26-13-9-20/h2-5,17H,6-14,21H2,1H3,(H,22,25). The van der Waals surface area contributed by atoms with E-state index in [2.05, 4.69) is 5.32 Å². The van der Waals surface area contributed by atoms with Gasteiger partial charge in [0.1, 0.15) is 0 Å². The van der Waals surface area contributed by atoms with Gasteiger partial charge in [-0.25, -0.2) is 0 Å². The summed E-state index contributed by atoms with van der Waals surface area (Å²) in [6.45, 7) is 4.87. The first kappa shape index (κ1) is 18.9. The fourth-order valence-electron chi connectivity index (χ4n) is 3.73. The first-order valence-electron chi connectivity index (χ1n) is 9.49. The maximum Gasteiger partial charge on any atom is 0.253 e. The second kappa shape index (κ2) is 8.18. The number of carbonyl (C=O) groups excluding carboxylic acids is 2. The summed E-state index contributed by atoms with van der Waals surface area (Å²) in [6.07, 6.45) is 2.92. The summed E-state index contributed by atoms with van der Waals surface area (Å²) in [5.74, 6) is 0.115. The molecule has 2 aliphatic heterocycles. The quantitative estimate of drug-likeness (QED) is 0.853. The van der Waals surface area contributed by atoms with Crippen LogP contribution in [-0.4, -0.2) is 55.6 Å². The maximum absolute atomic E-state index is 12.8. The van der Waals surface area contributed by atoms with Gasteiger partial charge in [-0.05, 0) is 44.7 Å². The fourth-order valence-corrected chi connectivity index (χ4v) is 3.73. The van der Waals surface area contributed by atoms with Crippen molar-refractivity contribution in [3.05, 3.63) is 35.4 Å². The molecule has 2 fully saturated rings. The highest BCUT2D eigenvalue weighted by atomic mass is 16.5. The molecule has 6 heteroatoms. The Morgan fingerprint density at radius 1 is 1.19 bits per heavy atom. The Hall–Kier alpha value is -1.92. The summed E-state index contributed by atoms with van der Waals surface area (Å²) in [6, 6.07) is 7.78. The van der Waals surface area contributed by atoms with Gasteiger partial charge in [-0.3, -0.25) is 9.59 Å². The van der Waals surface area contributed by atoms with E-state index < -0.39 is 5.41 Å². The number of likely N-dealkylation sites (tertiary alicyclic amines) is 1. The van der Waals surface area contributed by atoms with E-state index in [4.69, 9.17) is 10.5 Å². The topological polar surface area (TPSA) is 84.7 Å². The van der Waals surface area contributed by atoms with Crippen LogP contribution in [0, 0.1) is 12.3 Å². The molecule has 142 valence electrons. The van der Waals surface area contributed by atoms with E-state index in [0.717, 1.165) is 24.0 Å². The molecular weight excluding hydrogens is 330 g/mol. The van der Waals surface area contributed by atoms with Crippen LogP contribution in [0.2, 0.25) is 0 Å². The van der Waals surface area contributed by atoms with Gasteiger partial charge in [-0.2, -0.15) is 0 Å². The second-order valence-corrected chi connectivity index (χ2v) is 7.50. The van der Waals surface area contributed by atoms with Gasteiger partial charge in [0.25, 0.3) is 5.91 Å². The number of carbonyl (C=O) groups is 2. The van der Waals surface area contributed by atoms with E-state index >= 15 is 0 Å². The Labute approximate surface area is 155 Å². The van der Waals surface area contributed by atoms with Gasteiger partial charge in [-0.1, -0.05) is 17.7 Å². The Morgan fingerprint density at radius 3 is 2.38 bits per heavy atom. The number of rotatable bonds is 4. The van der Waals surface area contributed by atoms with Crippen LogP contribution in [0.4, 0.5) is 0 Å². The predicted octanol–water partition coefficient (Wildman–Crippen LogP) is 1.47. The summed E-state index contributed by atoms with van der Waals surface area (Å²) in [5.41, 5.74) is 7.29. The minimum absolute atomic E-state index is 0.0478. The Kier molecular flexibility index (Phi) is 5.94. The lowest BCUT2D eigenvalue weighted by Crippen LogP contribution is -2.54. The Morgan fingerprint density at radius 2 is 1.81 bits per heavy atom. The fraction of sp³-hybridized carbons (Fsp3) is 0.600. The number of hydrogen-bond donors (Lipinski definition) is 2. The lowest BCUT2D eigenvalue weighted by molar-refractivity contribution is -0.136. The number of ether oxygens (including phenoxy) is 1. The Bertz CT molecular complexity index is 630. The van der Waals surface area contributed by atoms with Crippen molar-refractivity contribution in [3.63, 3.8) is 0 Å². The summed E-state index contributed by atoms with van der Waals surface area (Å²) in [7, 11) is 0. The Balaban J connectivity index is 1.52. The molecule has 0 unspecified atom stereocenters. The molecule has 1 aromatic carbocycles. The molecular formula is C20H29N3O3. The number of piperidine rings is 1. The molecule has 0 aromatic heterocycles. The van der Waals surface area contributed by atoms with E-state index in [1.807, 2.05) is 36.1 Å². The SMILES string of the molecule is Cc1ccc(C(=O)N2CCC(NC(=O)C3(CN)CCOCC3)CC2)cc1. The number of nitrogens with zero attached hydrogens (tertiary/aromatic N) is 1. The average Bonchev–Trinajstić information content (AvgIpc) is 2.69. The number of nitrogens with two attached hydrogens (primary N) is 1. The molecule has 26 heavy (non-hydrogen) atoms. The summed E-state index contributed by atoms with van der Waals surface area (Å²) < 4.78 is 5.38. The third kappa shape index (κ3) is 4.07. The first-order valence-corrected chi connectivity index (χ1v) is 9.49. The largest absolute Gasteiger partial charge is 0.381 e. The lowest BCUT2D eigenvalue weighted by atomic mass is 9.79. The van der Waals surface area contributed by atoms with Gasteiger partial charge in [-0.15, -0.1) is 0 Å². The van der Waals surface area contributed by atoms with Gasteiger partial charge in [0, 0.05) is 44.5 Å². The van der Waals surface area contributed by atoms with E-state index in [1.54, 1.807) is 0 Å². The molecule has 3 rings (SSSR count). The van der Waals surface area contributed by atoms with Crippen LogP contribution in [0.25, 0.3) is 0 Å². The van der Waals surface area contributed by atoms with Crippen LogP contribution in [0.1, 0.15) is 41.6 Å². The number of benzene rings is 1. The number of amides is 2. The molecule has 2 aliphatic rings. The van der Waals surface area contributed by atoms with Crippen molar-refractivity contribution >= 4 is 11.8 Å². The average molecular weight is 359 g/mol. The molecule has 6 nitrogen and oxygen atoms in total. The van der Waals surface area contributed by atoms with Crippen LogP contribution >= 0.6 is 0 Å². The maximum atomic E-state index is 12.8. The highest BCUT2D eigenvalue weighted by Crippen LogP contribution is 2.30. The molecule has 2 saturated heterocycles. The number of nitrogens with one attached hydrogen (secondary N) is 1. The minimum atomic E-state index is -0.493. The van der Waals surface area contributed by atoms with Crippen molar-refractivity contribution in [1.82, 2.24) is 10.2 Å².